The first-order chi connectivity index (χ1) is 10.9. The molecule has 0 bridgehead atoms. The SMILES string of the molecule is Cc1ccc(NC(=O)COC(=O)c2cnc(Cl)c(Cl)c2)c(F)c1. The van der Waals surface area contributed by atoms with E-state index in [0.717, 1.165) is 5.56 Å². The molecule has 0 saturated heterocycles. The maximum absolute atomic E-state index is 13.6. The van der Waals surface area contributed by atoms with Crippen molar-refractivity contribution >= 4 is 40.8 Å². The van der Waals surface area contributed by atoms with Crippen molar-refractivity contribution in [1.29, 1.82) is 0 Å². The Hall–Kier alpha value is -2.18. The fourth-order valence-corrected chi connectivity index (χ4v) is 1.92. The average Bonchev–Trinajstić information content (AvgIpc) is 2.50. The molecule has 0 fully saturated rings. The number of rotatable bonds is 4. The molecule has 0 spiro atoms. The first-order valence-electron chi connectivity index (χ1n) is 6.41. The highest BCUT2D eigenvalue weighted by atomic mass is 35.5. The fraction of sp³-hybridized carbons (Fsp3) is 0.133. The summed E-state index contributed by atoms with van der Waals surface area (Å²) < 4.78 is 18.4. The van der Waals surface area contributed by atoms with Crippen molar-refractivity contribution in [2.75, 3.05) is 11.9 Å². The molecule has 1 N–H and O–H groups in total. The Kier molecular flexibility index (Phi) is 5.52. The summed E-state index contributed by atoms with van der Waals surface area (Å²) in [5.41, 5.74) is 0.778. The fourth-order valence-electron chi connectivity index (χ4n) is 1.66. The van der Waals surface area contributed by atoms with Crippen LogP contribution in [-0.4, -0.2) is 23.5 Å². The zero-order chi connectivity index (χ0) is 17.0. The summed E-state index contributed by atoms with van der Waals surface area (Å²) in [7, 11) is 0. The topological polar surface area (TPSA) is 68.3 Å². The Bertz CT molecular complexity index is 768. The molecule has 5 nitrogen and oxygen atoms in total. The van der Waals surface area contributed by atoms with Gasteiger partial charge in [-0.15, -0.1) is 0 Å². The quantitative estimate of drug-likeness (QED) is 0.670. The van der Waals surface area contributed by atoms with Crippen molar-refractivity contribution in [1.82, 2.24) is 4.98 Å². The molecule has 120 valence electrons. The van der Waals surface area contributed by atoms with Crippen LogP contribution in [0.25, 0.3) is 0 Å². The molecule has 0 saturated carbocycles. The number of hydrogen-bond donors (Lipinski definition) is 1. The van der Waals surface area contributed by atoms with Gasteiger partial charge in [0.2, 0.25) is 0 Å². The van der Waals surface area contributed by atoms with Gasteiger partial charge in [0.05, 0.1) is 16.3 Å². The lowest BCUT2D eigenvalue weighted by Crippen LogP contribution is -2.21. The van der Waals surface area contributed by atoms with Crippen LogP contribution in [0.3, 0.4) is 0 Å². The lowest BCUT2D eigenvalue weighted by molar-refractivity contribution is -0.119. The molecule has 1 aromatic heterocycles. The Morgan fingerprint density at radius 1 is 1.30 bits per heavy atom. The van der Waals surface area contributed by atoms with Crippen LogP contribution >= 0.6 is 23.2 Å². The van der Waals surface area contributed by atoms with Crippen molar-refractivity contribution < 1.29 is 18.7 Å². The van der Waals surface area contributed by atoms with Crippen molar-refractivity contribution in [3.63, 3.8) is 0 Å². The number of halogens is 3. The van der Waals surface area contributed by atoms with Gasteiger partial charge in [-0.25, -0.2) is 14.2 Å². The number of carbonyl (C=O) groups is 2. The van der Waals surface area contributed by atoms with Crippen molar-refractivity contribution in [2.24, 2.45) is 0 Å². The zero-order valence-electron chi connectivity index (χ0n) is 11.9. The lowest BCUT2D eigenvalue weighted by Gasteiger charge is -2.08. The highest BCUT2D eigenvalue weighted by molar-refractivity contribution is 6.41. The monoisotopic (exact) mass is 356 g/mol. The van der Waals surface area contributed by atoms with E-state index in [1.54, 1.807) is 13.0 Å². The van der Waals surface area contributed by atoms with Crippen LogP contribution in [0.4, 0.5) is 10.1 Å². The molecule has 0 unspecified atom stereocenters. The molecule has 0 aliphatic rings. The van der Waals surface area contributed by atoms with Crippen LogP contribution in [0.5, 0.6) is 0 Å². The van der Waals surface area contributed by atoms with E-state index in [1.165, 1.54) is 24.4 Å². The minimum absolute atomic E-state index is 0.00727. The Labute approximate surface area is 141 Å². The van der Waals surface area contributed by atoms with Crippen LogP contribution in [0.1, 0.15) is 15.9 Å². The minimum atomic E-state index is -0.796. The Morgan fingerprint density at radius 3 is 2.70 bits per heavy atom. The van der Waals surface area contributed by atoms with Crippen LogP contribution in [0.15, 0.2) is 30.5 Å². The van der Waals surface area contributed by atoms with E-state index in [4.69, 9.17) is 27.9 Å². The van der Waals surface area contributed by atoms with Gasteiger partial charge in [0, 0.05) is 6.20 Å². The number of hydrogen-bond acceptors (Lipinski definition) is 4. The van der Waals surface area contributed by atoms with E-state index in [9.17, 15) is 14.0 Å². The molecular formula is C15H11Cl2FN2O3. The Balaban J connectivity index is 1.93. The van der Waals surface area contributed by atoms with E-state index in [1.807, 2.05) is 0 Å². The minimum Gasteiger partial charge on any atom is -0.452 e. The maximum atomic E-state index is 13.6. The lowest BCUT2D eigenvalue weighted by atomic mass is 10.2. The summed E-state index contributed by atoms with van der Waals surface area (Å²) in [6.45, 7) is 1.15. The normalized spacial score (nSPS) is 10.3. The third-order valence-electron chi connectivity index (χ3n) is 2.77. The molecular weight excluding hydrogens is 346 g/mol. The molecule has 2 rings (SSSR count). The number of anilines is 1. The first kappa shape index (κ1) is 17.2. The molecule has 0 aliphatic heterocycles. The van der Waals surface area contributed by atoms with Crippen molar-refractivity contribution in [2.45, 2.75) is 6.92 Å². The summed E-state index contributed by atoms with van der Waals surface area (Å²) in [5.74, 6) is -2.04. The van der Waals surface area contributed by atoms with Gasteiger partial charge in [-0.1, -0.05) is 29.3 Å². The van der Waals surface area contributed by atoms with Gasteiger partial charge in [0.1, 0.15) is 11.0 Å². The van der Waals surface area contributed by atoms with Crippen LogP contribution < -0.4 is 5.32 Å². The zero-order valence-corrected chi connectivity index (χ0v) is 13.4. The van der Waals surface area contributed by atoms with E-state index in [2.05, 4.69) is 10.3 Å². The second kappa shape index (κ2) is 7.39. The number of nitrogens with zero attached hydrogens (tertiary/aromatic N) is 1. The van der Waals surface area contributed by atoms with Gasteiger partial charge < -0.3 is 10.1 Å². The third-order valence-corrected chi connectivity index (χ3v) is 3.45. The summed E-state index contributed by atoms with van der Waals surface area (Å²) in [4.78, 5) is 27.1. The van der Waals surface area contributed by atoms with Crippen LogP contribution in [0.2, 0.25) is 10.2 Å². The van der Waals surface area contributed by atoms with Crippen molar-refractivity contribution in [3.8, 4) is 0 Å². The largest absolute Gasteiger partial charge is 0.452 e. The number of aromatic nitrogens is 1. The number of nitrogens with one attached hydrogen (secondary N) is 1. The number of esters is 1. The van der Waals surface area contributed by atoms with Gasteiger partial charge in [-0.05, 0) is 30.7 Å². The van der Waals surface area contributed by atoms with Gasteiger partial charge in [-0.3, -0.25) is 4.79 Å². The third kappa shape index (κ3) is 4.64. The van der Waals surface area contributed by atoms with Crippen LogP contribution in [0, 0.1) is 12.7 Å². The van der Waals surface area contributed by atoms with E-state index < -0.39 is 24.3 Å². The summed E-state index contributed by atoms with van der Waals surface area (Å²) in [5, 5.41) is 2.45. The van der Waals surface area contributed by atoms with Gasteiger partial charge in [-0.2, -0.15) is 0 Å². The number of amides is 1. The molecule has 23 heavy (non-hydrogen) atoms. The number of aryl methyl sites for hydroxylation is 1. The standard InChI is InChI=1S/C15H11Cl2FN2O3/c1-8-2-3-12(11(18)4-8)20-13(21)7-23-15(22)9-5-10(16)14(17)19-6-9/h2-6H,7H2,1H3,(H,20,21). The van der Waals surface area contributed by atoms with E-state index in [-0.39, 0.29) is 21.4 Å². The highest BCUT2D eigenvalue weighted by Crippen LogP contribution is 2.20. The molecule has 2 aromatic rings. The van der Waals surface area contributed by atoms with Gasteiger partial charge >= 0.3 is 5.97 Å². The second-order valence-corrected chi connectivity index (χ2v) is 5.37. The van der Waals surface area contributed by atoms with Crippen LogP contribution in [-0.2, 0) is 9.53 Å². The maximum Gasteiger partial charge on any atom is 0.340 e. The number of benzene rings is 1. The first-order valence-corrected chi connectivity index (χ1v) is 7.16. The molecule has 1 heterocycles. The second-order valence-electron chi connectivity index (χ2n) is 4.60. The molecule has 0 radical (unpaired) electrons. The molecule has 0 atom stereocenters. The Morgan fingerprint density at radius 2 is 2.04 bits per heavy atom. The average molecular weight is 357 g/mol. The number of pyridine rings is 1. The van der Waals surface area contributed by atoms with E-state index in [0.29, 0.717) is 0 Å². The smallest absolute Gasteiger partial charge is 0.340 e. The summed E-state index contributed by atoms with van der Waals surface area (Å²) >= 11 is 11.4. The number of carbonyl (C=O) groups excluding carboxylic acids is 2. The highest BCUT2D eigenvalue weighted by Gasteiger charge is 2.13. The molecule has 1 amide bonds. The predicted molar refractivity (Wildman–Crippen MR) is 84.3 cm³/mol. The molecule has 8 heteroatoms. The molecule has 0 aliphatic carbocycles. The summed E-state index contributed by atoms with van der Waals surface area (Å²) in [6, 6.07) is 5.62. The van der Waals surface area contributed by atoms with E-state index >= 15 is 0 Å². The van der Waals surface area contributed by atoms with Gasteiger partial charge in [0.15, 0.2) is 6.61 Å². The number of ether oxygens (including phenoxy) is 1. The predicted octanol–water partition coefficient (Wildman–Crippen LogP) is 3.63. The van der Waals surface area contributed by atoms with Gasteiger partial charge in [0.25, 0.3) is 5.91 Å². The summed E-state index contributed by atoms with van der Waals surface area (Å²) in [6.07, 6.45) is 1.17. The van der Waals surface area contributed by atoms with Crippen molar-refractivity contribution in [3.05, 3.63) is 57.6 Å². The molecule has 1 aromatic carbocycles.